The van der Waals surface area contributed by atoms with E-state index in [1.807, 2.05) is 34.9 Å². The molecule has 0 unspecified atom stereocenters. The third-order valence-corrected chi connectivity index (χ3v) is 7.29. The molecular formula is C28H32N6O4S. The number of aromatic amines is 1. The fourth-order valence-electron chi connectivity index (χ4n) is 4.25. The number of amides is 2. The van der Waals surface area contributed by atoms with E-state index in [9.17, 15) is 14.7 Å². The number of fused-ring (bicyclic) bond motifs is 1. The molecule has 4 rings (SSSR count). The zero-order valence-corrected chi connectivity index (χ0v) is 22.6. The maximum Gasteiger partial charge on any atom is 0.366 e. The Balaban J connectivity index is 1.51. The molecule has 0 radical (unpaired) electrons. The number of thioether (sulfide) groups is 1. The number of hydrogen-bond donors (Lipinski definition) is 4. The van der Waals surface area contributed by atoms with E-state index in [-0.39, 0.29) is 23.1 Å². The predicted octanol–water partition coefficient (Wildman–Crippen LogP) is 7.39. The first kappa shape index (κ1) is 27.9. The number of carboxylic acids is 1. The summed E-state index contributed by atoms with van der Waals surface area (Å²) in [5, 5.41) is 31.2. The summed E-state index contributed by atoms with van der Waals surface area (Å²) in [4.78, 5) is 31.0. The molecule has 2 aromatic carbocycles. The van der Waals surface area contributed by atoms with Crippen LogP contribution in [0.15, 0.2) is 70.0 Å². The van der Waals surface area contributed by atoms with Gasteiger partial charge in [0.05, 0.1) is 11.1 Å². The molecule has 2 aromatic heterocycles. The highest BCUT2D eigenvalue weighted by atomic mass is 32.2. The van der Waals surface area contributed by atoms with Crippen LogP contribution in [-0.4, -0.2) is 42.5 Å². The van der Waals surface area contributed by atoms with Gasteiger partial charge in [0.2, 0.25) is 11.8 Å². The number of carboxylic acid groups (broad SMARTS) is 1. The van der Waals surface area contributed by atoms with Gasteiger partial charge in [-0.15, -0.1) is 16.9 Å². The van der Waals surface area contributed by atoms with E-state index >= 15 is 0 Å². The molecule has 10 nitrogen and oxygen atoms in total. The highest BCUT2D eigenvalue weighted by molar-refractivity contribution is 7.99. The number of nitrogens with zero attached hydrogens (tertiary/aromatic N) is 4. The van der Waals surface area contributed by atoms with Gasteiger partial charge >= 0.3 is 12.0 Å². The average Bonchev–Trinajstić information content (AvgIpc) is 3.53. The molecule has 204 valence electrons. The Morgan fingerprint density at radius 1 is 1.10 bits per heavy atom. The van der Waals surface area contributed by atoms with Gasteiger partial charge in [-0.3, -0.25) is 5.32 Å². The number of urea groups is 1. The monoisotopic (exact) mass is 548 g/mol. The van der Waals surface area contributed by atoms with Crippen molar-refractivity contribution in [2.24, 2.45) is 10.2 Å². The van der Waals surface area contributed by atoms with Crippen LogP contribution in [0.2, 0.25) is 0 Å². The number of anilines is 1. The molecule has 0 aliphatic carbocycles. The molecule has 2 heterocycles. The van der Waals surface area contributed by atoms with Crippen LogP contribution in [0.4, 0.5) is 16.4 Å². The minimum Gasteiger partial charge on any atom is -0.493 e. The number of aromatic nitrogens is 3. The lowest BCUT2D eigenvalue weighted by Crippen LogP contribution is -2.06. The minimum absolute atomic E-state index is 0.0179. The van der Waals surface area contributed by atoms with E-state index in [0.717, 1.165) is 53.8 Å². The lowest BCUT2D eigenvalue weighted by molar-refractivity contribution is 0.0697. The zero-order chi connectivity index (χ0) is 27.6. The number of carbonyl (C=O) groups excluding carboxylic acids is 1. The van der Waals surface area contributed by atoms with Crippen molar-refractivity contribution >= 4 is 46.3 Å². The van der Waals surface area contributed by atoms with Gasteiger partial charge in [-0.05, 0) is 48.7 Å². The quantitative estimate of drug-likeness (QED) is 0.0778. The Bertz CT molecular complexity index is 1430. The van der Waals surface area contributed by atoms with Crippen LogP contribution < -0.4 is 5.32 Å². The van der Waals surface area contributed by atoms with E-state index in [1.165, 1.54) is 12.6 Å². The summed E-state index contributed by atoms with van der Waals surface area (Å²) in [7, 11) is 0. The Morgan fingerprint density at radius 3 is 2.62 bits per heavy atom. The first-order valence-corrected chi connectivity index (χ1v) is 14.0. The smallest absolute Gasteiger partial charge is 0.366 e. The summed E-state index contributed by atoms with van der Waals surface area (Å²) in [6.07, 6.45) is 9.35. The van der Waals surface area contributed by atoms with Gasteiger partial charge in [0.25, 0.3) is 0 Å². The number of carbonyl (C=O) groups is 2. The Labute approximate surface area is 230 Å². The van der Waals surface area contributed by atoms with Gasteiger partial charge in [-0.2, -0.15) is 0 Å². The third kappa shape index (κ3) is 7.47. The number of nitrogens with one attached hydrogen (secondary N) is 2. The number of aromatic hydroxyl groups is 1. The van der Waals surface area contributed by atoms with Gasteiger partial charge in [0, 0.05) is 35.0 Å². The molecule has 0 saturated carbocycles. The number of imidazole rings is 1. The predicted molar refractivity (Wildman–Crippen MR) is 152 cm³/mol. The van der Waals surface area contributed by atoms with Crippen LogP contribution in [0.1, 0.15) is 54.9 Å². The molecule has 0 aliphatic heterocycles. The van der Waals surface area contributed by atoms with Crippen LogP contribution in [-0.2, 0) is 13.0 Å². The molecule has 0 spiro atoms. The molecule has 11 heteroatoms. The largest absolute Gasteiger partial charge is 0.493 e. The average molecular weight is 549 g/mol. The molecule has 0 saturated heterocycles. The number of unbranched alkanes of at least 4 members (excludes halogenated alkanes) is 4. The number of hydrogen-bond acceptors (Lipinski definition) is 6. The van der Waals surface area contributed by atoms with Crippen molar-refractivity contribution in [1.29, 1.82) is 0 Å². The van der Waals surface area contributed by atoms with Crippen molar-refractivity contribution in [3.63, 3.8) is 0 Å². The number of H-pyrrole nitrogens is 1. The Kier molecular flexibility index (Phi) is 9.74. The summed E-state index contributed by atoms with van der Waals surface area (Å²) in [6.45, 7) is 2.81. The summed E-state index contributed by atoms with van der Waals surface area (Å²) in [6, 6.07) is 12.1. The number of aromatic carboxylic acids is 1. The molecule has 0 aliphatic rings. The third-order valence-electron chi connectivity index (χ3n) is 6.29. The maximum absolute atomic E-state index is 12.3. The topological polar surface area (TPSA) is 145 Å². The Morgan fingerprint density at radius 2 is 1.90 bits per heavy atom. The summed E-state index contributed by atoms with van der Waals surface area (Å²) in [5.41, 5.74) is 2.40. The summed E-state index contributed by atoms with van der Waals surface area (Å²) >= 11 is 1.65. The van der Waals surface area contributed by atoms with Gasteiger partial charge in [0.15, 0.2) is 5.69 Å². The molecular weight excluding hydrogens is 516 g/mol. The second kappa shape index (κ2) is 13.6. The van der Waals surface area contributed by atoms with Gasteiger partial charge < -0.3 is 19.8 Å². The van der Waals surface area contributed by atoms with E-state index in [1.54, 1.807) is 30.1 Å². The fourth-order valence-corrected chi connectivity index (χ4v) is 5.19. The van der Waals surface area contributed by atoms with Gasteiger partial charge in [0.1, 0.15) is 0 Å². The standard InChI is InChI=1S/C28H32N6O4S/c1-2-3-4-5-6-16-34-23-12-11-21(39-17-13-19-7-9-20(10-8-19)26(36)37)18-22(23)24(25(34)35)32-33-28(38)31-27-29-14-15-30-27/h7-12,14-15,18,35H,2-6,13,16-17H2,1H3,(H,36,37)(H2,29,30,31,38). The van der Waals surface area contributed by atoms with Crippen LogP contribution in [0.25, 0.3) is 10.9 Å². The highest BCUT2D eigenvalue weighted by Crippen LogP contribution is 2.41. The number of benzene rings is 2. The second-order valence-corrected chi connectivity index (χ2v) is 10.3. The van der Waals surface area contributed by atoms with Crippen molar-refractivity contribution in [3.8, 4) is 5.88 Å². The second-order valence-electron chi connectivity index (χ2n) is 9.09. The van der Waals surface area contributed by atoms with Crippen molar-refractivity contribution in [1.82, 2.24) is 14.5 Å². The normalized spacial score (nSPS) is 11.4. The van der Waals surface area contributed by atoms with Gasteiger partial charge in [-0.25, -0.2) is 14.6 Å². The van der Waals surface area contributed by atoms with E-state index in [4.69, 9.17) is 5.11 Å². The van der Waals surface area contributed by atoms with Crippen molar-refractivity contribution < 1.29 is 19.8 Å². The lowest BCUT2D eigenvalue weighted by Gasteiger charge is -2.07. The molecule has 0 bridgehead atoms. The molecule has 4 aromatic rings. The minimum atomic E-state index is -0.938. The summed E-state index contributed by atoms with van der Waals surface area (Å²) < 4.78 is 1.83. The maximum atomic E-state index is 12.3. The highest BCUT2D eigenvalue weighted by Gasteiger charge is 2.18. The SMILES string of the molecule is CCCCCCCn1c(O)c(N=NC(=O)Nc2ncc[nH]2)c2cc(SCCc3ccc(C(=O)O)cc3)ccc21. The zero-order valence-electron chi connectivity index (χ0n) is 21.8. The number of rotatable bonds is 13. The van der Waals surface area contributed by atoms with Gasteiger partial charge in [-0.1, -0.05) is 49.9 Å². The van der Waals surface area contributed by atoms with Crippen molar-refractivity contribution in [3.05, 3.63) is 66.0 Å². The molecule has 2 amide bonds. The molecule has 39 heavy (non-hydrogen) atoms. The molecule has 4 N–H and O–H groups in total. The van der Waals surface area contributed by atoms with Crippen LogP contribution >= 0.6 is 11.8 Å². The van der Waals surface area contributed by atoms with Crippen molar-refractivity contribution in [2.75, 3.05) is 11.1 Å². The Hall–Kier alpha value is -4.12. The lowest BCUT2D eigenvalue weighted by atomic mass is 10.1. The van der Waals surface area contributed by atoms with E-state index in [0.29, 0.717) is 11.9 Å². The van der Waals surface area contributed by atoms with Crippen molar-refractivity contribution in [2.45, 2.75) is 56.9 Å². The number of azo groups is 1. The van der Waals surface area contributed by atoms with Crippen LogP contribution in [0, 0.1) is 0 Å². The summed E-state index contributed by atoms with van der Waals surface area (Å²) in [5.74, 6) is 0.0845. The first-order chi connectivity index (χ1) is 19.0. The molecule has 0 atom stereocenters. The molecule has 0 fully saturated rings. The first-order valence-electron chi connectivity index (χ1n) is 13.0. The number of aryl methyl sites for hydroxylation is 2. The van der Waals surface area contributed by atoms with E-state index in [2.05, 4.69) is 32.4 Å². The van der Waals surface area contributed by atoms with Crippen LogP contribution in [0.5, 0.6) is 5.88 Å². The van der Waals surface area contributed by atoms with Crippen LogP contribution in [0.3, 0.4) is 0 Å². The van der Waals surface area contributed by atoms with E-state index < -0.39 is 12.0 Å². The fraction of sp³-hybridized carbons (Fsp3) is 0.321.